The minimum absolute atomic E-state index is 0.0138. The standard InChI is InChI=1S/C16H21IO4.C14H15IO3/c1-6-20-15(19)16(4,5)21-14(18)9-13-10(2)7-12(17)8-11(13)3;1-7-5-9(15)6-8(2)10(7)11-12(16)14(3,4)18-13(11)17/h7-8H,6,9H2,1-5H3;5-6,16H,1-4H3. The molecule has 39 heavy (non-hydrogen) atoms. The van der Waals surface area contributed by atoms with Gasteiger partial charge in [0.25, 0.3) is 0 Å². The molecule has 1 N–H and O–H groups in total. The topological polar surface area (TPSA) is 99.1 Å². The number of carbonyl (C=O) groups is 3. The number of esters is 3. The van der Waals surface area contributed by atoms with Crippen molar-refractivity contribution in [2.45, 2.75) is 79.9 Å². The SMILES string of the molecule is CCOC(=O)C(C)(C)OC(=O)Cc1c(C)cc(I)cc1C.Cc1cc(I)cc(C)c1C1=C(O)C(C)(C)OC1=O. The van der Waals surface area contributed by atoms with E-state index in [2.05, 4.69) is 45.2 Å². The van der Waals surface area contributed by atoms with E-state index in [1.54, 1.807) is 20.8 Å². The smallest absolute Gasteiger partial charge is 0.349 e. The van der Waals surface area contributed by atoms with E-state index >= 15 is 0 Å². The Morgan fingerprint density at radius 3 is 1.82 bits per heavy atom. The van der Waals surface area contributed by atoms with E-state index in [0.29, 0.717) is 5.57 Å². The van der Waals surface area contributed by atoms with Crippen LogP contribution in [0.1, 0.15) is 68.0 Å². The molecule has 3 rings (SSSR count). The third-order valence-corrected chi connectivity index (χ3v) is 7.47. The van der Waals surface area contributed by atoms with Crippen molar-refractivity contribution >= 4 is 68.7 Å². The highest BCUT2D eigenvalue weighted by Crippen LogP contribution is 2.38. The molecule has 2 aromatic carbocycles. The van der Waals surface area contributed by atoms with Gasteiger partial charge in [0.1, 0.15) is 5.57 Å². The van der Waals surface area contributed by atoms with E-state index in [1.807, 2.05) is 52.0 Å². The highest BCUT2D eigenvalue weighted by atomic mass is 127. The third-order valence-electron chi connectivity index (χ3n) is 6.22. The second-order valence-corrected chi connectivity index (χ2v) is 12.9. The van der Waals surface area contributed by atoms with Crippen LogP contribution in [0.2, 0.25) is 0 Å². The summed E-state index contributed by atoms with van der Waals surface area (Å²) in [5, 5.41) is 10.2. The average molecular weight is 762 g/mol. The first-order chi connectivity index (χ1) is 17.9. The highest BCUT2D eigenvalue weighted by Gasteiger charge is 2.42. The quantitative estimate of drug-likeness (QED) is 0.196. The van der Waals surface area contributed by atoms with Crippen molar-refractivity contribution in [2.75, 3.05) is 6.61 Å². The molecule has 0 bridgehead atoms. The zero-order valence-electron chi connectivity index (χ0n) is 23.9. The molecule has 0 saturated heterocycles. The van der Waals surface area contributed by atoms with Crippen LogP contribution in [0.5, 0.6) is 0 Å². The zero-order valence-corrected chi connectivity index (χ0v) is 28.2. The van der Waals surface area contributed by atoms with Crippen LogP contribution in [0.4, 0.5) is 0 Å². The number of aryl methyl sites for hydroxylation is 4. The molecule has 0 spiro atoms. The number of carbonyl (C=O) groups excluding carboxylic acids is 3. The Kier molecular flexibility index (Phi) is 11.0. The van der Waals surface area contributed by atoms with Crippen molar-refractivity contribution < 1.29 is 33.7 Å². The molecule has 7 nitrogen and oxygen atoms in total. The summed E-state index contributed by atoms with van der Waals surface area (Å²) < 4.78 is 17.6. The normalized spacial score (nSPS) is 14.4. The molecular formula is C30H36I2O7. The van der Waals surface area contributed by atoms with Crippen molar-refractivity contribution in [1.29, 1.82) is 0 Å². The summed E-state index contributed by atoms with van der Waals surface area (Å²) in [5.74, 6) is -1.40. The fraction of sp³-hybridized carbons (Fsp3) is 0.433. The summed E-state index contributed by atoms with van der Waals surface area (Å²) in [7, 11) is 0. The Bertz CT molecular complexity index is 1280. The molecule has 0 saturated carbocycles. The predicted molar refractivity (Wildman–Crippen MR) is 167 cm³/mol. The average Bonchev–Trinajstić information content (AvgIpc) is 2.97. The first kappa shape index (κ1) is 33.1. The van der Waals surface area contributed by atoms with Gasteiger partial charge >= 0.3 is 17.9 Å². The molecule has 0 fully saturated rings. The van der Waals surface area contributed by atoms with E-state index in [0.717, 1.165) is 40.5 Å². The van der Waals surface area contributed by atoms with Gasteiger partial charge < -0.3 is 19.3 Å². The zero-order chi connectivity index (χ0) is 29.9. The number of rotatable bonds is 6. The lowest BCUT2D eigenvalue weighted by Crippen LogP contribution is -2.39. The lowest BCUT2D eigenvalue weighted by atomic mass is 9.93. The van der Waals surface area contributed by atoms with Crippen LogP contribution in [0.25, 0.3) is 5.57 Å². The first-order valence-electron chi connectivity index (χ1n) is 12.5. The summed E-state index contributed by atoms with van der Waals surface area (Å²) in [5.41, 5.74) is 3.85. The van der Waals surface area contributed by atoms with Gasteiger partial charge in [0.05, 0.1) is 13.0 Å². The van der Waals surface area contributed by atoms with Gasteiger partial charge in [-0.2, -0.15) is 0 Å². The number of aliphatic hydroxyl groups is 1. The monoisotopic (exact) mass is 762 g/mol. The minimum Gasteiger partial charge on any atom is -0.507 e. The van der Waals surface area contributed by atoms with Crippen molar-refractivity contribution in [3.63, 3.8) is 0 Å². The largest absolute Gasteiger partial charge is 0.507 e. The van der Waals surface area contributed by atoms with Gasteiger partial charge in [-0.25, -0.2) is 9.59 Å². The molecule has 1 aliphatic heterocycles. The van der Waals surface area contributed by atoms with Crippen LogP contribution in [0.3, 0.4) is 0 Å². The minimum atomic E-state index is -1.27. The fourth-order valence-electron chi connectivity index (χ4n) is 4.29. The van der Waals surface area contributed by atoms with Gasteiger partial charge in [-0.3, -0.25) is 4.79 Å². The lowest BCUT2D eigenvalue weighted by molar-refractivity contribution is -0.177. The molecule has 1 heterocycles. The summed E-state index contributed by atoms with van der Waals surface area (Å²) >= 11 is 4.48. The molecular weight excluding hydrogens is 726 g/mol. The number of hydrogen-bond donors (Lipinski definition) is 1. The van der Waals surface area contributed by atoms with E-state index in [-0.39, 0.29) is 18.8 Å². The molecule has 212 valence electrons. The van der Waals surface area contributed by atoms with Crippen molar-refractivity contribution in [1.82, 2.24) is 0 Å². The van der Waals surface area contributed by atoms with Crippen LogP contribution < -0.4 is 0 Å². The number of benzene rings is 2. The van der Waals surface area contributed by atoms with Crippen molar-refractivity contribution in [2.24, 2.45) is 0 Å². The highest BCUT2D eigenvalue weighted by molar-refractivity contribution is 14.1. The Hall–Kier alpha value is -2.15. The number of halogens is 2. The maximum atomic E-state index is 12.1. The molecule has 1 aliphatic rings. The van der Waals surface area contributed by atoms with Crippen molar-refractivity contribution in [3.05, 3.63) is 70.5 Å². The second kappa shape index (κ2) is 13.0. The second-order valence-electron chi connectivity index (χ2n) is 10.4. The number of ether oxygens (including phenoxy) is 3. The summed E-state index contributed by atoms with van der Waals surface area (Å²) in [6.07, 6.45) is 0.150. The van der Waals surface area contributed by atoms with Gasteiger partial charge in [0, 0.05) is 7.14 Å². The maximum absolute atomic E-state index is 12.1. The summed E-state index contributed by atoms with van der Waals surface area (Å²) in [4.78, 5) is 35.8. The van der Waals surface area contributed by atoms with E-state index in [9.17, 15) is 19.5 Å². The lowest BCUT2D eigenvalue weighted by Gasteiger charge is -2.23. The number of aliphatic hydroxyl groups excluding tert-OH is 1. The van der Waals surface area contributed by atoms with Gasteiger partial charge in [0.15, 0.2) is 11.4 Å². The van der Waals surface area contributed by atoms with E-state index in [1.165, 1.54) is 13.8 Å². The molecule has 2 aromatic rings. The van der Waals surface area contributed by atoms with Gasteiger partial charge in [-0.15, -0.1) is 0 Å². The van der Waals surface area contributed by atoms with Gasteiger partial charge in [0.2, 0.25) is 5.60 Å². The molecule has 0 amide bonds. The van der Waals surface area contributed by atoms with Crippen LogP contribution in [0.15, 0.2) is 30.0 Å². The van der Waals surface area contributed by atoms with Gasteiger partial charge in [-0.1, -0.05) is 0 Å². The van der Waals surface area contributed by atoms with E-state index in [4.69, 9.17) is 14.2 Å². The molecule has 0 radical (unpaired) electrons. The van der Waals surface area contributed by atoms with Crippen LogP contribution >= 0.6 is 45.2 Å². The van der Waals surface area contributed by atoms with Crippen LogP contribution in [-0.4, -0.2) is 40.8 Å². The Morgan fingerprint density at radius 1 is 0.949 bits per heavy atom. The van der Waals surface area contributed by atoms with Gasteiger partial charge in [-0.05, 0) is 165 Å². The molecule has 9 heteroatoms. The Labute approximate surface area is 258 Å². The maximum Gasteiger partial charge on any atom is 0.349 e. The van der Waals surface area contributed by atoms with Crippen LogP contribution in [0, 0.1) is 34.8 Å². The van der Waals surface area contributed by atoms with E-state index < -0.39 is 29.1 Å². The number of cyclic esters (lactones) is 1. The first-order valence-corrected chi connectivity index (χ1v) is 14.7. The Balaban J connectivity index is 0.000000276. The number of hydrogen-bond acceptors (Lipinski definition) is 7. The fourth-order valence-corrected chi connectivity index (χ4v) is 6.15. The molecule has 0 unspecified atom stereocenters. The Morgan fingerprint density at radius 2 is 1.41 bits per heavy atom. The molecule has 0 atom stereocenters. The summed E-state index contributed by atoms with van der Waals surface area (Å²) in [6, 6.07) is 8.02. The summed E-state index contributed by atoms with van der Waals surface area (Å²) in [6.45, 7) is 16.2. The van der Waals surface area contributed by atoms with Crippen LogP contribution in [-0.2, 0) is 35.0 Å². The molecule has 0 aromatic heterocycles. The molecule has 0 aliphatic carbocycles. The predicted octanol–water partition coefficient (Wildman–Crippen LogP) is 6.85. The van der Waals surface area contributed by atoms with Crippen molar-refractivity contribution in [3.8, 4) is 0 Å². The third kappa shape index (κ3) is 8.18.